The molecular formula is C26H25N5O3. The number of carbonyl (C=O) groups excluding carboxylic acids is 1. The Balaban J connectivity index is 1.42. The van der Waals surface area contributed by atoms with Gasteiger partial charge in [-0.15, -0.1) is 5.10 Å². The molecule has 34 heavy (non-hydrogen) atoms. The molecule has 1 atom stereocenters. The summed E-state index contributed by atoms with van der Waals surface area (Å²) in [6.07, 6.45) is 0. The van der Waals surface area contributed by atoms with Crippen LogP contribution in [-0.4, -0.2) is 65.3 Å². The van der Waals surface area contributed by atoms with Crippen molar-refractivity contribution < 1.29 is 14.3 Å². The van der Waals surface area contributed by atoms with Gasteiger partial charge in [0.25, 0.3) is 0 Å². The molecule has 6 rings (SSSR count). The number of aromatic nitrogens is 3. The van der Waals surface area contributed by atoms with Crippen LogP contribution in [0.5, 0.6) is 11.6 Å². The molecule has 0 aliphatic carbocycles. The van der Waals surface area contributed by atoms with E-state index in [1.165, 1.54) is 0 Å². The summed E-state index contributed by atoms with van der Waals surface area (Å²) in [5, 5.41) is 7.92. The van der Waals surface area contributed by atoms with Crippen LogP contribution in [0.25, 0.3) is 28.2 Å². The number of nitrogens with one attached hydrogen (secondary N) is 1. The summed E-state index contributed by atoms with van der Waals surface area (Å²) in [6, 6.07) is 19.8. The molecule has 2 aromatic carbocycles. The average molecular weight is 456 g/mol. The summed E-state index contributed by atoms with van der Waals surface area (Å²) in [7, 11) is 1.60. The summed E-state index contributed by atoms with van der Waals surface area (Å²) in [4.78, 5) is 19.9. The van der Waals surface area contributed by atoms with Crippen molar-refractivity contribution in [2.45, 2.75) is 5.92 Å². The number of rotatable bonds is 4. The Morgan fingerprint density at radius 1 is 1.06 bits per heavy atom. The van der Waals surface area contributed by atoms with E-state index in [9.17, 15) is 4.79 Å². The molecule has 1 N–H and O–H groups in total. The molecule has 2 aromatic heterocycles. The van der Waals surface area contributed by atoms with E-state index in [4.69, 9.17) is 14.5 Å². The van der Waals surface area contributed by atoms with E-state index in [1.807, 2.05) is 64.0 Å². The Morgan fingerprint density at radius 2 is 1.88 bits per heavy atom. The average Bonchev–Trinajstić information content (AvgIpc) is 3.50. The molecule has 2 aliphatic heterocycles. The summed E-state index contributed by atoms with van der Waals surface area (Å²) < 4.78 is 13.2. The van der Waals surface area contributed by atoms with Gasteiger partial charge in [-0.2, -0.15) is 0 Å². The van der Waals surface area contributed by atoms with Crippen LogP contribution in [0, 0.1) is 0 Å². The van der Waals surface area contributed by atoms with Crippen molar-refractivity contribution >= 4 is 11.6 Å². The van der Waals surface area contributed by atoms with Crippen molar-refractivity contribution in [2.24, 2.45) is 0 Å². The van der Waals surface area contributed by atoms with Gasteiger partial charge in [0.15, 0.2) is 5.65 Å². The van der Waals surface area contributed by atoms with E-state index in [1.54, 1.807) is 13.2 Å². The van der Waals surface area contributed by atoms with Crippen LogP contribution in [0.3, 0.4) is 0 Å². The van der Waals surface area contributed by atoms with E-state index < -0.39 is 0 Å². The van der Waals surface area contributed by atoms with E-state index >= 15 is 0 Å². The largest absolute Gasteiger partial charge is 0.492 e. The first-order valence-corrected chi connectivity index (χ1v) is 11.5. The van der Waals surface area contributed by atoms with Gasteiger partial charge < -0.3 is 19.7 Å². The zero-order valence-electron chi connectivity index (χ0n) is 18.9. The van der Waals surface area contributed by atoms with Gasteiger partial charge in [-0.05, 0) is 12.1 Å². The second-order valence-electron chi connectivity index (χ2n) is 8.51. The maximum Gasteiger partial charge on any atom is 0.233 e. The van der Waals surface area contributed by atoms with E-state index in [2.05, 4.69) is 10.4 Å². The first-order chi connectivity index (χ1) is 16.7. The van der Waals surface area contributed by atoms with Gasteiger partial charge in [-0.1, -0.05) is 42.5 Å². The highest BCUT2D eigenvalue weighted by Crippen LogP contribution is 2.40. The van der Waals surface area contributed by atoms with Crippen LogP contribution in [0.1, 0.15) is 11.5 Å². The molecule has 8 heteroatoms. The third-order valence-electron chi connectivity index (χ3n) is 6.50. The van der Waals surface area contributed by atoms with Crippen LogP contribution in [-0.2, 0) is 4.79 Å². The van der Waals surface area contributed by atoms with Crippen molar-refractivity contribution in [3.8, 4) is 34.1 Å². The molecular weight excluding hydrogens is 430 g/mol. The van der Waals surface area contributed by atoms with Crippen molar-refractivity contribution in [3.63, 3.8) is 0 Å². The minimum atomic E-state index is -0.261. The predicted molar refractivity (Wildman–Crippen MR) is 128 cm³/mol. The second kappa shape index (κ2) is 8.46. The minimum Gasteiger partial charge on any atom is -0.492 e. The molecule has 172 valence electrons. The highest BCUT2D eigenvalue weighted by Gasteiger charge is 2.34. The van der Waals surface area contributed by atoms with Crippen molar-refractivity contribution in [1.29, 1.82) is 0 Å². The first kappa shape index (κ1) is 20.7. The highest BCUT2D eigenvalue weighted by atomic mass is 16.5. The standard InChI is InChI=1S/C26H25N5O3/c1-33-23-10-9-22-28-24(25(31(22)29-23)17-5-3-2-4-6-17)18-7-8-19-20(16-34-21(19)15-18)26(32)30-13-11-27-12-14-30/h2-10,15,20,27H,11-14,16H2,1H3. The van der Waals surface area contributed by atoms with Gasteiger partial charge in [0.05, 0.1) is 12.8 Å². The number of piperazine rings is 1. The predicted octanol–water partition coefficient (Wildman–Crippen LogP) is 2.98. The minimum absolute atomic E-state index is 0.141. The third kappa shape index (κ3) is 3.47. The molecule has 2 aliphatic rings. The van der Waals surface area contributed by atoms with Gasteiger partial charge in [-0.3, -0.25) is 4.79 Å². The maximum atomic E-state index is 13.1. The molecule has 0 bridgehead atoms. The summed E-state index contributed by atoms with van der Waals surface area (Å²) in [5.41, 5.74) is 5.26. The molecule has 1 fully saturated rings. The van der Waals surface area contributed by atoms with Crippen molar-refractivity contribution in [3.05, 3.63) is 66.2 Å². The number of carbonyl (C=O) groups is 1. The zero-order chi connectivity index (χ0) is 23.1. The lowest BCUT2D eigenvalue weighted by Gasteiger charge is -2.29. The Labute approximate surface area is 197 Å². The van der Waals surface area contributed by atoms with Crippen molar-refractivity contribution in [2.75, 3.05) is 39.9 Å². The van der Waals surface area contributed by atoms with Gasteiger partial charge in [0.1, 0.15) is 24.0 Å². The van der Waals surface area contributed by atoms with Gasteiger partial charge in [0.2, 0.25) is 11.8 Å². The number of hydrogen-bond donors (Lipinski definition) is 1. The van der Waals surface area contributed by atoms with E-state index in [0.29, 0.717) is 12.5 Å². The normalized spacial score (nSPS) is 17.4. The Kier molecular flexibility index (Phi) is 5.15. The van der Waals surface area contributed by atoms with Crippen LogP contribution in [0.4, 0.5) is 0 Å². The lowest BCUT2D eigenvalue weighted by atomic mass is 9.96. The number of fused-ring (bicyclic) bond motifs is 2. The summed E-state index contributed by atoms with van der Waals surface area (Å²) in [5.74, 6) is 1.14. The quantitative estimate of drug-likeness (QED) is 0.510. The molecule has 1 amide bonds. The number of ether oxygens (including phenoxy) is 2. The topological polar surface area (TPSA) is 81.0 Å². The van der Waals surface area contributed by atoms with Crippen LogP contribution in [0.15, 0.2) is 60.7 Å². The summed E-state index contributed by atoms with van der Waals surface area (Å²) in [6.45, 7) is 3.51. The van der Waals surface area contributed by atoms with Crippen molar-refractivity contribution in [1.82, 2.24) is 24.8 Å². The third-order valence-corrected chi connectivity index (χ3v) is 6.50. The molecule has 0 radical (unpaired) electrons. The first-order valence-electron chi connectivity index (χ1n) is 11.5. The molecule has 8 nitrogen and oxygen atoms in total. The number of hydrogen-bond acceptors (Lipinski definition) is 6. The summed E-state index contributed by atoms with van der Waals surface area (Å²) >= 11 is 0. The fraction of sp³-hybridized carbons (Fsp3) is 0.269. The monoisotopic (exact) mass is 455 g/mol. The zero-order valence-corrected chi connectivity index (χ0v) is 18.9. The molecule has 4 heterocycles. The van der Waals surface area contributed by atoms with E-state index in [-0.39, 0.29) is 11.8 Å². The van der Waals surface area contributed by atoms with Crippen LogP contribution < -0.4 is 14.8 Å². The van der Waals surface area contributed by atoms with Gasteiger partial charge >= 0.3 is 0 Å². The molecule has 4 aromatic rings. The Morgan fingerprint density at radius 3 is 2.68 bits per heavy atom. The van der Waals surface area contributed by atoms with E-state index in [0.717, 1.165) is 65.7 Å². The van der Waals surface area contributed by atoms with Gasteiger partial charge in [-0.25, -0.2) is 9.50 Å². The molecule has 0 spiro atoms. The number of imidazole rings is 1. The number of amides is 1. The number of methoxy groups -OCH3 is 1. The molecule has 1 unspecified atom stereocenters. The van der Waals surface area contributed by atoms with Crippen LogP contribution in [0.2, 0.25) is 0 Å². The maximum absolute atomic E-state index is 13.1. The lowest BCUT2D eigenvalue weighted by Crippen LogP contribution is -2.48. The Bertz CT molecular complexity index is 1360. The fourth-order valence-electron chi connectivity index (χ4n) is 4.75. The Hall–Kier alpha value is -3.91. The smallest absolute Gasteiger partial charge is 0.233 e. The SMILES string of the molecule is COc1ccc2nc(-c3ccc4c(c3)OCC4C(=O)N3CCNCC3)c(-c3ccccc3)n2n1. The second-order valence-corrected chi connectivity index (χ2v) is 8.51. The molecule has 0 saturated carbocycles. The lowest BCUT2D eigenvalue weighted by molar-refractivity contribution is -0.133. The number of nitrogens with zero attached hydrogens (tertiary/aromatic N) is 4. The molecule has 1 saturated heterocycles. The fourth-order valence-corrected chi connectivity index (χ4v) is 4.75. The van der Waals surface area contributed by atoms with Gasteiger partial charge in [0, 0.05) is 48.9 Å². The van der Waals surface area contributed by atoms with Crippen LogP contribution >= 0.6 is 0 Å². The highest BCUT2D eigenvalue weighted by molar-refractivity contribution is 5.87. The number of benzene rings is 2.